The van der Waals surface area contributed by atoms with E-state index in [2.05, 4.69) is 10.2 Å². The summed E-state index contributed by atoms with van der Waals surface area (Å²) in [5.41, 5.74) is 6.74. The maximum atomic E-state index is 11.8. The SMILES string of the molecule is N[C@@H]1C(=O)N2C(C(=O)O)=C(SCc3cn[nH]c3)CS[C@H]12. The van der Waals surface area contributed by atoms with Gasteiger partial charge in [-0.1, -0.05) is 0 Å². The molecular weight excluding hydrogens is 300 g/mol. The Morgan fingerprint density at radius 1 is 1.70 bits per heavy atom. The van der Waals surface area contributed by atoms with Crippen LogP contribution in [0.4, 0.5) is 0 Å². The molecule has 3 heterocycles. The number of hydrogen-bond donors (Lipinski definition) is 3. The van der Waals surface area contributed by atoms with Crippen LogP contribution in [0.5, 0.6) is 0 Å². The summed E-state index contributed by atoms with van der Waals surface area (Å²) in [7, 11) is 0. The van der Waals surface area contributed by atoms with Gasteiger partial charge in [-0.2, -0.15) is 5.10 Å². The van der Waals surface area contributed by atoms with Crippen LogP contribution >= 0.6 is 23.5 Å². The highest BCUT2D eigenvalue weighted by atomic mass is 32.2. The quantitative estimate of drug-likeness (QED) is 0.680. The summed E-state index contributed by atoms with van der Waals surface area (Å²) in [6, 6.07) is -0.588. The minimum Gasteiger partial charge on any atom is -0.477 e. The normalized spacial score (nSPS) is 25.4. The zero-order chi connectivity index (χ0) is 14.3. The molecule has 2 aliphatic heterocycles. The lowest BCUT2D eigenvalue weighted by molar-refractivity contribution is -0.147. The van der Waals surface area contributed by atoms with Crippen LogP contribution in [-0.4, -0.2) is 49.2 Å². The number of nitrogens with zero attached hydrogens (tertiary/aromatic N) is 2. The number of nitrogens with two attached hydrogens (primary N) is 1. The van der Waals surface area contributed by atoms with Gasteiger partial charge in [0.25, 0.3) is 0 Å². The molecule has 0 aliphatic carbocycles. The molecule has 106 valence electrons. The van der Waals surface area contributed by atoms with E-state index in [4.69, 9.17) is 5.73 Å². The van der Waals surface area contributed by atoms with E-state index in [0.717, 1.165) is 5.56 Å². The summed E-state index contributed by atoms with van der Waals surface area (Å²) >= 11 is 2.92. The number of aromatic amines is 1. The monoisotopic (exact) mass is 312 g/mol. The van der Waals surface area contributed by atoms with E-state index in [1.54, 1.807) is 12.4 Å². The van der Waals surface area contributed by atoms with Crippen LogP contribution in [0.25, 0.3) is 0 Å². The third-order valence-corrected chi connectivity index (χ3v) is 5.79. The zero-order valence-corrected chi connectivity index (χ0v) is 11.9. The molecule has 20 heavy (non-hydrogen) atoms. The smallest absolute Gasteiger partial charge is 0.353 e. The van der Waals surface area contributed by atoms with Crippen LogP contribution < -0.4 is 5.73 Å². The molecule has 1 saturated heterocycles. The van der Waals surface area contributed by atoms with Crippen molar-refractivity contribution in [3.63, 3.8) is 0 Å². The summed E-state index contributed by atoms with van der Waals surface area (Å²) in [5.74, 6) is -0.222. The minimum absolute atomic E-state index is 0.0777. The Bertz CT molecular complexity index is 586. The number of fused-ring (bicyclic) bond motifs is 1. The van der Waals surface area contributed by atoms with E-state index in [1.807, 2.05) is 0 Å². The molecule has 0 radical (unpaired) electrons. The first-order valence-corrected chi connectivity index (χ1v) is 7.90. The van der Waals surface area contributed by atoms with Crippen LogP contribution in [0.15, 0.2) is 23.0 Å². The maximum Gasteiger partial charge on any atom is 0.353 e. The molecule has 0 unspecified atom stereocenters. The molecule has 2 atom stereocenters. The van der Waals surface area contributed by atoms with Crippen molar-refractivity contribution in [2.75, 3.05) is 5.75 Å². The lowest BCUT2D eigenvalue weighted by Gasteiger charge is -2.47. The Labute approximate surface area is 123 Å². The van der Waals surface area contributed by atoms with Gasteiger partial charge in [-0.25, -0.2) is 4.79 Å². The van der Waals surface area contributed by atoms with Gasteiger partial charge in [-0.15, -0.1) is 23.5 Å². The largest absolute Gasteiger partial charge is 0.477 e. The Morgan fingerprint density at radius 2 is 2.50 bits per heavy atom. The van der Waals surface area contributed by atoms with E-state index in [-0.39, 0.29) is 17.0 Å². The number of amides is 1. The Kier molecular flexibility index (Phi) is 3.48. The van der Waals surface area contributed by atoms with Gasteiger partial charge < -0.3 is 10.8 Å². The number of H-pyrrole nitrogens is 1. The number of rotatable bonds is 4. The van der Waals surface area contributed by atoms with Gasteiger partial charge in [-0.05, 0) is 0 Å². The molecule has 0 saturated carbocycles. The molecule has 1 amide bonds. The van der Waals surface area contributed by atoms with Gasteiger partial charge in [0.2, 0.25) is 5.91 Å². The lowest BCUT2D eigenvalue weighted by atomic mass is 10.1. The van der Waals surface area contributed by atoms with Crippen LogP contribution in [0.1, 0.15) is 5.56 Å². The van der Waals surface area contributed by atoms with E-state index in [1.165, 1.54) is 28.4 Å². The maximum absolute atomic E-state index is 11.8. The number of carboxylic acids is 1. The Balaban J connectivity index is 1.82. The van der Waals surface area contributed by atoms with Gasteiger partial charge >= 0.3 is 5.97 Å². The summed E-state index contributed by atoms with van der Waals surface area (Å²) in [4.78, 5) is 25.2. The van der Waals surface area contributed by atoms with Gasteiger partial charge in [0.05, 0.1) is 6.20 Å². The summed E-state index contributed by atoms with van der Waals surface area (Å²) < 4.78 is 0. The average Bonchev–Trinajstić information content (AvgIpc) is 2.96. The van der Waals surface area contributed by atoms with Gasteiger partial charge in [0.1, 0.15) is 17.1 Å². The molecule has 1 fully saturated rings. The summed E-state index contributed by atoms with van der Waals surface area (Å²) in [6.45, 7) is 0. The first kappa shape index (κ1) is 13.5. The third-order valence-electron chi connectivity index (χ3n) is 3.14. The highest BCUT2D eigenvalue weighted by Gasteiger charge is 2.51. The predicted molar refractivity (Wildman–Crippen MR) is 75.6 cm³/mol. The van der Waals surface area contributed by atoms with Crippen molar-refractivity contribution in [1.82, 2.24) is 15.1 Å². The molecule has 0 spiro atoms. The first-order chi connectivity index (χ1) is 9.59. The van der Waals surface area contributed by atoms with Crippen molar-refractivity contribution >= 4 is 35.4 Å². The number of carboxylic acid groups (broad SMARTS) is 1. The summed E-state index contributed by atoms with van der Waals surface area (Å²) in [6.07, 6.45) is 3.45. The Hall–Kier alpha value is -1.45. The Morgan fingerprint density at radius 3 is 3.15 bits per heavy atom. The average molecular weight is 312 g/mol. The fraction of sp³-hybridized carbons (Fsp3) is 0.364. The van der Waals surface area contributed by atoms with Crippen LogP contribution in [0, 0.1) is 0 Å². The van der Waals surface area contributed by atoms with Gasteiger partial charge in [0.15, 0.2) is 0 Å². The fourth-order valence-electron chi connectivity index (χ4n) is 2.13. The fourth-order valence-corrected chi connectivity index (χ4v) is 4.62. The predicted octanol–water partition coefficient (Wildman–Crippen LogP) is 0.182. The number of aliphatic carboxylic acids is 1. The van der Waals surface area contributed by atoms with E-state index in [0.29, 0.717) is 16.4 Å². The van der Waals surface area contributed by atoms with Crippen LogP contribution in [0.3, 0.4) is 0 Å². The first-order valence-electron chi connectivity index (χ1n) is 5.86. The molecule has 2 aliphatic rings. The molecule has 9 heteroatoms. The van der Waals surface area contributed by atoms with Crippen molar-refractivity contribution in [2.24, 2.45) is 5.73 Å². The molecule has 7 nitrogen and oxygen atoms in total. The molecule has 0 bridgehead atoms. The van der Waals surface area contributed by atoms with Crippen molar-refractivity contribution in [2.45, 2.75) is 17.2 Å². The summed E-state index contributed by atoms with van der Waals surface area (Å²) in [5, 5.41) is 15.7. The number of thioether (sulfide) groups is 2. The van der Waals surface area contributed by atoms with Crippen molar-refractivity contribution in [3.8, 4) is 0 Å². The van der Waals surface area contributed by atoms with Gasteiger partial charge in [0, 0.05) is 28.2 Å². The van der Waals surface area contributed by atoms with E-state index in [9.17, 15) is 14.7 Å². The number of carbonyl (C=O) groups is 2. The lowest BCUT2D eigenvalue weighted by Crippen LogP contribution is -2.68. The van der Waals surface area contributed by atoms with Crippen LogP contribution in [0.2, 0.25) is 0 Å². The second-order valence-corrected chi connectivity index (χ2v) is 6.58. The number of carbonyl (C=O) groups excluding carboxylic acids is 1. The molecule has 3 rings (SSSR count). The van der Waals surface area contributed by atoms with Crippen molar-refractivity contribution in [3.05, 3.63) is 28.6 Å². The van der Waals surface area contributed by atoms with Gasteiger partial charge in [-0.3, -0.25) is 14.8 Å². The number of hydrogen-bond acceptors (Lipinski definition) is 6. The molecular formula is C11H12N4O3S2. The highest BCUT2D eigenvalue weighted by molar-refractivity contribution is 8.05. The minimum atomic E-state index is -1.08. The number of aromatic nitrogens is 2. The second kappa shape index (κ2) is 5.15. The standard InChI is InChI=1S/C11H12N4O3S2/c12-7-9(16)15-8(11(17)18)6(4-20-10(7)15)19-3-5-1-13-14-2-5/h1-2,7,10H,3-4,12H2,(H,13,14)(H,17,18)/t7-,10-/m1/s1. The molecule has 1 aromatic rings. The van der Waals surface area contributed by atoms with Crippen molar-refractivity contribution < 1.29 is 14.7 Å². The molecule has 4 N–H and O–H groups in total. The highest BCUT2D eigenvalue weighted by Crippen LogP contribution is 2.43. The van der Waals surface area contributed by atoms with E-state index >= 15 is 0 Å². The zero-order valence-electron chi connectivity index (χ0n) is 10.3. The second-order valence-electron chi connectivity index (χ2n) is 4.41. The number of nitrogens with one attached hydrogen (secondary N) is 1. The topological polar surface area (TPSA) is 112 Å². The third kappa shape index (κ3) is 2.11. The molecule has 0 aromatic carbocycles. The van der Waals surface area contributed by atoms with E-state index < -0.39 is 12.0 Å². The van der Waals surface area contributed by atoms with Crippen LogP contribution in [-0.2, 0) is 15.3 Å². The molecule has 1 aromatic heterocycles. The van der Waals surface area contributed by atoms with Crippen molar-refractivity contribution in [1.29, 1.82) is 0 Å². The number of β-lactam (4-membered cyclic amide) rings is 1.